The zero-order valence-electron chi connectivity index (χ0n) is 9.96. The maximum atomic E-state index is 6.26. The minimum Gasteiger partial charge on any atom is -0.454 e. The van der Waals surface area contributed by atoms with Crippen LogP contribution in [0.15, 0.2) is 6.07 Å². The van der Waals surface area contributed by atoms with Gasteiger partial charge in [-0.2, -0.15) is 0 Å². The van der Waals surface area contributed by atoms with Gasteiger partial charge < -0.3 is 14.3 Å². The molecule has 0 radical (unpaired) electrons. The molecular formula is C12H16ClNO3. The summed E-state index contributed by atoms with van der Waals surface area (Å²) in [6, 6.07) is 1.79. The fourth-order valence-electron chi connectivity index (χ4n) is 2.10. The molecule has 0 aliphatic carbocycles. The van der Waals surface area contributed by atoms with E-state index in [0.29, 0.717) is 24.0 Å². The van der Waals surface area contributed by atoms with Crippen LogP contribution in [-0.4, -0.2) is 13.4 Å². The average Bonchev–Trinajstić information content (AvgIpc) is 2.72. The lowest BCUT2D eigenvalue weighted by Crippen LogP contribution is -2.07. The van der Waals surface area contributed by atoms with Crippen molar-refractivity contribution in [2.75, 3.05) is 13.4 Å². The number of fused-ring (bicyclic) bond motifs is 1. The van der Waals surface area contributed by atoms with Crippen molar-refractivity contribution >= 4 is 11.6 Å². The zero-order valence-corrected chi connectivity index (χ0v) is 10.7. The third kappa shape index (κ3) is 2.34. The Hall–Kier alpha value is -0.970. The molecule has 1 aliphatic heterocycles. The van der Waals surface area contributed by atoms with Crippen LogP contribution in [0.5, 0.6) is 11.5 Å². The van der Waals surface area contributed by atoms with Crippen LogP contribution in [0.4, 0.5) is 0 Å². The lowest BCUT2D eigenvalue weighted by Gasteiger charge is -2.16. The maximum Gasteiger partial charge on any atom is 0.231 e. The van der Waals surface area contributed by atoms with Crippen LogP contribution in [0, 0.1) is 0 Å². The van der Waals surface area contributed by atoms with Crippen molar-refractivity contribution in [1.29, 1.82) is 0 Å². The molecule has 94 valence electrons. The van der Waals surface area contributed by atoms with Crippen LogP contribution in [0.1, 0.15) is 30.9 Å². The van der Waals surface area contributed by atoms with Gasteiger partial charge in [0.25, 0.3) is 0 Å². The average molecular weight is 258 g/mol. The highest BCUT2D eigenvalue weighted by Crippen LogP contribution is 2.44. The second kappa shape index (κ2) is 5.12. The Morgan fingerprint density at radius 1 is 1.47 bits per heavy atom. The van der Waals surface area contributed by atoms with Gasteiger partial charge in [0.2, 0.25) is 6.79 Å². The van der Waals surface area contributed by atoms with Gasteiger partial charge in [-0.25, -0.2) is 5.90 Å². The number of nitrogens with two attached hydrogens (primary N) is 1. The van der Waals surface area contributed by atoms with Gasteiger partial charge in [0.05, 0.1) is 6.61 Å². The lowest BCUT2D eigenvalue weighted by molar-refractivity contribution is 0.141. The Labute approximate surface area is 106 Å². The van der Waals surface area contributed by atoms with Crippen molar-refractivity contribution in [2.24, 2.45) is 5.90 Å². The minimum atomic E-state index is 0.252. The van der Waals surface area contributed by atoms with E-state index in [1.54, 1.807) is 6.07 Å². The van der Waals surface area contributed by atoms with E-state index >= 15 is 0 Å². The van der Waals surface area contributed by atoms with E-state index in [-0.39, 0.29) is 6.79 Å². The molecule has 0 fully saturated rings. The van der Waals surface area contributed by atoms with Crippen molar-refractivity contribution in [3.05, 3.63) is 22.2 Å². The van der Waals surface area contributed by atoms with E-state index < -0.39 is 0 Å². The monoisotopic (exact) mass is 257 g/mol. The third-order valence-corrected chi connectivity index (χ3v) is 3.14. The molecule has 5 heteroatoms. The first-order valence-corrected chi connectivity index (χ1v) is 5.95. The fourth-order valence-corrected chi connectivity index (χ4v) is 2.40. The molecule has 0 aromatic heterocycles. The van der Waals surface area contributed by atoms with Crippen molar-refractivity contribution in [3.8, 4) is 11.5 Å². The molecular weight excluding hydrogens is 242 g/mol. The van der Waals surface area contributed by atoms with Crippen LogP contribution >= 0.6 is 11.6 Å². The van der Waals surface area contributed by atoms with Gasteiger partial charge >= 0.3 is 0 Å². The Balaban J connectivity index is 2.48. The molecule has 17 heavy (non-hydrogen) atoms. The van der Waals surface area contributed by atoms with E-state index in [2.05, 4.69) is 18.7 Å². The van der Waals surface area contributed by atoms with Crippen molar-refractivity contribution in [1.82, 2.24) is 0 Å². The highest BCUT2D eigenvalue weighted by Gasteiger charge is 2.25. The van der Waals surface area contributed by atoms with Crippen molar-refractivity contribution < 1.29 is 14.3 Å². The highest BCUT2D eigenvalue weighted by molar-refractivity contribution is 6.31. The Morgan fingerprint density at radius 2 is 2.24 bits per heavy atom. The van der Waals surface area contributed by atoms with E-state index in [4.69, 9.17) is 27.0 Å². The van der Waals surface area contributed by atoms with Crippen LogP contribution in [0.25, 0.3) is 0 Å². The zero-order chi connectivity index (χ0) is 12.4. The van der Waals surface area contributed by atoms with Crippen molar-refractivity contribution in [2.45, 2.75) is 26.2 Å². The summed E-state index contributed by atoms with van der Waals surface area (Å²) < 4.78 is 10.9. The summed E-state index contributed by atoms with van der Waals surface area (Å²) in [5.74, 6) is 6.89. The first-order valence-electron chi connectivity index (χ1n) is 5.57. The first-order chi connectivity index (χ1) is 8.15. The lowest BCUT2D eigenvalue weighted by atomic mass is 9.94. The van der Waals surface area contributed by atoms with Gasteiger partial charge in [0, 0.05) is 16.7 Å². The largest absolute Gasteiger partial charge is 0.454 e. The summed E-state index contributed by atoms with van der Waals surface area (Å²) in [5, 5.41) is 0.676. The van der Waals surface area contributed by atoms with Crippen molar-refractivity contribution in [3.63, 3.8) is 0 Å². The SMILES string of the molecule is CC(C)c1c(CCON)c(Cl)cc2c1OCO2. The van der Waals surface area contributed by atoms with E-state index in [9.17, 15) is 0 Å². The molecule has 0 atom stereocenters. The summed E-state index contributed by atoms with van der Waals surface area (Å²) in [7, 11) is 0. The van der Waals surface area contributed by atoms with Gasteiger partial charge in [-0.1, -0.05) is 25.4 Å². The summed E-state index contributed by atoms with van der Waals surface area (Å²) in [5.41, 5.74) is 2.11. The number of rotatable bonds is 4. The third-order valence-electron chi connectivity index (χ3n) is 2.80. The predicted molar refractivity (Wildman–Crippen MR) is 65.5 cm³/mol. The second-order valence-electron chi connectivity index (χ2n) is 4.26. The molecule has 0 amide bonds. The highest BCUT2D eigenvalue weighted by atomic mass is 35.5. The molecule has 1 aromatic rings. The van der Waals surface area contributed by atoms with Gasteiger partial charge in [0.1, 0.15) is 0 Å². The van der Waals surface area contributed by atoms with Crippen LogP contribution in [0.2, 0.25) is 5.02 Å². The molecule has 0 bridgehead atoms. The first kappa shape index (κ1) is 12.5. The minimum absolute atomic E-state index is 0.252. The topological polar surface area (TPSA) is 53.7 Å². The Kier molecular flexibility index (Phi) is 3.76. The van der Waals surface area contributed by atoms with Gasteiger partial charge in [-0.05, 0) is 17.9 Å². The molecule has 1 aromatic carbocycles. The van der Waals surface area contributed by atoms with Gasteiger partial charge in [-0.3, -0.25) is 0 Å². The summed E-state index contributed by atoms with van der Waals surface area (Å²) >= 11 is 6.26. The van der Waals surface area contributed by atoms with E-state index in [0.717, 1.165) is 22.6 Å². The smallest absolute Gasteiger partial charge is 0.231 e. The Bertz CT molecular complexity index is 421. The summed E-state index contributed by atoms with van der Waals surface area (Å²) in [6.07, 6.45) is 0.666. The number of ether oxygens (including phenoxy) is 2. The molecule has 2 N–H and O–H groups in total. The van der Waals surface area contributed by atoms with Crippen LogP contribution in [0.3, 0.4) is 0 Å². The predicted octanol–water partition coefficient (Wildman–Crippen LogP) is 2.62. The Morgan fingerprint density at radius 3 is 2.88 bits per heavy atom. The molecule has 1 heterocycles. The second-order valence-corrected chi connectivity index (χ2v) is 4.67. The number of hydrogen-bond acceptors (Lipinski definition) is 4. The number of benzene rings is 1. The molecule has 2 rings (SSSR count). The van der Waals surface area contributed by atoms with Gasteiger partial charge in [-0.15, -0.1) is 0 Å². The van der Waals surface area contributed by atoms with Crippen LogP contribution < -0.4 is 15.4 Å². The molecule has 0 spiro atoms. The molecule has 0 unspecified atom stereocenters. The quantitative estimate of drug-likeness (QED) is 0.843. The van der Waals surface area contributed by atoms with Crippen LogP contribution in [-0.2, 0) is 11.3 Å². The molecule has 0 saturated carbocycles. The van der Waals surface area contributed by atoms with E-state index in [1.807, 2.05) is 0 Å². The summed E-state index contributed by atoms with van der Waals surface area (Å²) in [4.78, 5) is 4.62. The molecule has 1 aliphatic rings. The normalized spacial score (nSPS) is 13.5. The number of hydrogen-bond donors (Lipinski definition) is 1. The maximum absolute atomic E-state index is 6.26. The number of halogens is 1. The molecule has 0 saturated heterocycles. The van der Waals surface area contributed by atoms with E-state index in [1.165, 1.54) is 0 Å². The fraction of sp³-hybridized carbons (Fsp3) is 0.500. The standard InChI is InChI=1S/C12H16ClNO3/c1-7(2)11-8(3-4-17-14)9(13)5-10-12(11)16-6-15-10/h5,7H,3-4,6,14H2,1-2H3. The summed E-state index contributed by atoms with van der Waals surface area (Å²) in [6.45, 7) is 4.88. The molecule has 4 nitrogen and oxygen atoms in total. The van der Waals surface area contributed by atoms with Gasteiger partial charge in [0.15, 0.2) is 11.5 Å².